The summed E-state index contributed by atoms with van der Waals surface area (Å²) in [5.41, 5.74) is 0.440. The topological polar surface area (TPSA) is 75.6 Å². The summed E-state index contributed by atoms with van der Waals surface area (Å²) in [7, 11) is -1.80. The highest BCUT2D eigenvalue weighted by molar-refractivity contribution is 7.92. The van der Waals surface area contributed by atoms with Crippen LogP contribution in [0.4, 0.5) is 5.69 Å². The number of aromatic hydroxyl groups is 1. The van der Waals surface area contributed by atoms with Crippen molar-refractivity contribution in [3.05, 3.63) is 24.3 Å². The van der Waals surface area contributed by atoms with Crippen molar-refractivity contribution in [2.75, 3.05) is 24.2 Å². The Morgan fingerprint density at radius 1 is 1.31 bits per heavy atom. The van der Waals surface area contributed by atoms with Gasteiger partial charge < -0.3 is 9.84 Å². The first-order valence-corrected chi connectivity index (χ1v) is 6.47. The number of benzene rings is 1. The molecule has 16 heavy (non-hydrogen) atoms. The van der Waals surface area contributed by atoms with Gasteiger partial charge in [-0.3, -0.25) is 4.72 Å². The van der Waals surface area contributed by atoms with Crippen LogP contribution >= 0.6 is 0 Å². The molecule has 0 unspecified atom stereocenters. The van der Waals surface area contributed by atoms with Crippen LogP contribution in [0.5, 0.6) is 5.75 Å². The molecule has 0 saturated carbocycles. The highest BCUT2D eigenvalue weighted by atomic mass is 32.2. The van der Waals surface area contributed by atoms with Crippen LogP contribution in [0.25, 0.3) is 0 Å². The predicted octanol–water partition coefficient (Wildman–Crippen LogP) is 1.17. The molecule has 0 heterocycles. The van der Waals surface area contributed by atoms with Gasteiger partial charge >= 0.3 is 0 Å². The van der Waals surface area contributed by atoms with Gasteiger partial charge in [-0.2, -0.15) is 0 Å². The second kappa shape index (κ2) is 5.72. The fourth-order valence-corrected chi connectivity index (χ4v) is 2.25. The molecule has 0 saturated heterocycles. The number of anilines is 1. The molecule has 6 heteroatoms. The molecular weight excluding hydrogens is 230 g/mol. The van der Waals surface area contributed by atoms with E-state index >= 15 is 0 Å². The van der Waals surface area contributed by atoms with Gasteiger partial charge in [0.1, 0.15) is 5.75 Å². The molecule has 0 amide bonds. The number of ether oxygens (including phenoxy) is 1. The molecule has 0 spiro atoms. The maximum Gasteiger partial charge on any atom is 0.232 e. The van der Waals surface area contributed by atoms with Gasteiger partial charge in [-0.15, -0.1) is 0 Å². The van der Waals surface area contributed by atoms with E-state index < -0.39 is 10.0 Å². The minimum absolute atomic E-state index is 0.0156. The quantitative estimate of drug-likeness (QED) is 0.582. The van der Waals surface area contributed by atoms with Crippen LogP contribution < -0.4 is 4.72 Å². The summed E-state index contributed by atoms with van der Waals surface area (Å²) in [6, 6.07) is 5.85. The molecule has 0 aromatic heterocycles. The van der Waals surface area contributed by atoms with Gasteiger partial charge in [-0.1, -0.05) is 0 Å². The van der Waals surface area contributed by atoms with Gasteiger partial charge in [0.25, 0.3) is 0 Å². The third kappa shape index (κ3) is 4.50. The lowest BCUT2D eigenvalue weighted by molar-refractivity contribution is 0.199. The zero-order valence-corrected chi connectivity index (χ0v) is 9.83. The van der Waals surface area contributed by atoms with E-state index in [0.717, 1.165) is 0 Å². The van der Waals surface area contributed by atoms with E-state index in [0.29, 0.717) is 18.7 Å². The minimum Gasteiger partial charge on any atom is -0.508 e. The summed E-state index contributed by atoms with van der Waals surface area (Å²) < 4.78 is 30.2. The molecule has 0 aliphatic carbocycles. The maximum absolute atomic E-state index is 11.5. The Morgan fingerprint density at radius 3 is 2.50 bits per heavy atom. The Kier molecular flexibility index (Phi) is 4.57. The van der Waals surface area contributed by atoms with Crippen molar-refractivity contribution in [1.29, 1.82) is 0 Å². The number of sulfonamides is 1. The van der Waals surface area contributed by atoms with Gasteiger partial charge in [0.15, 0.2) is 0 Å². The van der Waals surface area contributed by atoms with Crippen molar-refractivity contribution in [3.8, 4) is 5.75 Å². The van der Waals surface area contributed by atoms with E-state index in [1.54, 1.807) is 0 Å². The van der Waals surface area contributed by atoms with Gasteiger partial charge in [0, 0.05) is 19.4 Å². The molecule has 0 bridgehead atoms. The van der Waals surface area contributed by atoms with Crippen LogP contribution in [0.2, 0.25) is 0 Å². The van der Waals surface area contributed by atoms with E-state index in [-0.39, 0.29) is 11.5 Å². The predicted molar refractivity (Wildman–Crippen MR) is 62.0 cm³/mol. The van der Waals surface area contributed by atoms with Crippen molar-refractivity contribution in [2.45, 2.75) is 6.42 Å². The van der Waals surface area contributed by atoms with Crippen molar-refractivity contribution in [3.63, 3.8) is 0 Å². The first kappa shape index (κ1) is 12.8. The zero-order valence-electron chi connectivity index (χ0n) is 9.01. The van der Waals surface area contributed by atoms with Crippen LogP contribution in [0.3, 0.4) is 0 Å². The van der Waals surface area contributed by atoms with Gasteiger partial charge in [-0.05, 0) is 30.7 Å². The Morgan fingerprint density at radius 2 is 1.94 bits per heavy atom. The maximum atomic E-state index is 11.5. The molecule has 1 aromatic rings. The van der Waals surface area contributed by atoms with E-state index in [9.17, 15) is 8.42 Å². The lowest BCUT2D eigenvalue weighted by Gasteiger charge is -2.07. The average Bonchev–Trinajstić information content (AvgIpc) is 2.21. The van der Waals surface area contributed by atoms with Crippen LogP contribution in [0.1, 0.15) is 6.42 Å². The SMILES string of the molecule is COCCCS(=O)(=O)Nc1ccc(O)cc1. The summed E-state index contributed by atoms with van der Waals surface area (Å²) in [5, 5.41) is 9.03. The van der Waals surface area contributed by atoms with Crippen LogP contribution in [0, 0.1) is 0 Å². The average molecular weight is 245 g/mol. The van der Waals surface area contributed by atoms with Crippen LogP contribution in [0.15, 0.2) is 24.3 Å². The highest BCUT2D eigenvalue weighted by Crippen LogP contribution is 2.15. The Hall–Kier alpha value is -1.27. The second-order valence-electron chi connectivity index (χ2n) is 3.31. The first-order valence-electron chi connectivity index (χ1n) is 4.82. The number of methoxy groups -OCH3 is 1. The molecule has 1 aromatic carbocycles. The van der Waals surface area contributed by atoms with E-state index in [2.05, 4.69) is 4.72 Å². The summed E-state index contributed by atoms with van der Waals surface area (Å²) in [4.78, 5) is 0. The molecule has 0 fully saturated rings. The lowest BCUT2D eigenvalue weighted by Crippen LogP contribution is -2.17. The Labute approximate surface area is 95.1 Å². The molecule has 0 atom stereocenters. The number of phenolic OH excluding ortho intramolecular Hbond substituents is 1. The molecule has 0 aliphatic heterocycles. The molecule has 1 rings (SSSR count). The molecule has 5 nitrogen and oxygen atoms in total. The molecule has 2 N–H and O–H groups in total. The smallest absolute Gasteiger partial charge is 0.232 e. The summed E-state index contributed by atoms with van der Waals surface area (Å²) in [6.45, 7) is 0.413. The minimum atomic E-state index is -3.33. The van der Waals surface area contributed by atoms with Crippen LogP contribution in [-0.2, 0) is 14.8 Å². The second-order valence-corrected chi connectivity index (χ2v) is 5.16. The van der Waals surface area contributed by atoms with Crippen molar-refractivity contribution < 1.29 is 18.3 Å². The molecule has 0 radical (unpaired) electrons. The number of hydrogen-bond acceptors (Lipinski definition) is 4. The first-order chi connectivity index (χ1) is 7.53. The van der Waals surface area contributed by atoms with Crippen molar-refractivity contribution in [2.24, 2.45) is 0 Å². The largest absolute Gasteiger partial charge is 0.508 e. The third-order valence-electron chi connectivity index (χ3n) is 1.90. The Balaban J connectivity index is 2.55. The highest BCUT2D eigenvalue weighted by Gasteiger charge is 2.09. The van der Waals surface area contributed by atoms with Crippen LogP contribution in [-0.4, -0.2) is 33.0 Å². The fourth-order valence-electron chi connectivity index (χ4n) is 1.15. The monoisotopic (exact) mass is 245 g/mol. The summed E-state index contributed by atoms with van der Waals surface area (Å²) >= 11 is 0. The normalized spacial score (nSPS) is 11.3. The Bertz CT molecular complexity index is 413. The number of nitrogens with one attached hydrogen (secondary N) is 1. The van der Waals surface area contributed by atoms with Crippen molar-refractivity contribution in [1.82, 2.24) is 0 Å². The third-order valence-corrected chi connectivity index (χ3v) is 3.28. The number of hydrogen-bond donors (Lipinski definition) is 2. The van der Waals surface area contributed by atoms with Crippen molar-refractivity contribution >= 4 is 15.7 Å². The fraction of sp³-hybridized carbons (Fsp3) is 0.400. The number of rotatable bonds is 6. The van der Waals surface area contributed by atoms with E-state index in [1.807, 2.05) is 0 Å². The lowest BCUT2D eigenvalue weighted by atomic mass is 10.3. The van der Waals surface area contributed by atoms with Gasteiger partial charge in [0.2, 0.25) is 10.0 Å². The molecule has 90 valence electrons. The molecule has 0 aliphatic rings. The van der Waals surface area contributed by atoms with Gasteiger partial charge in [-0.25, -0.2) is 8.42 Å². The zero-order chi connectivity index (χ0) is 12.0. The number of phenols is 1. The van der Waals surface area contributed by atoms with E-state index in [4.69, 9.17) is 9.84 Å². The van der Waals surface area contributed by atoms with E-state index in [1.165, 1.54) is 31.4 Å². The summed E-state index contributed by atoms with van der Waals surface area (Å²) in [6.07, 6.45) is 0.448. The summed E-state index contributed by atoms with van der Waals surface area (Å²) in [5.74, 6) is 0.115. The van der Waals surface area contributed by atoms with Gasteiger partial charge in [0.05, 0.1) is 5.75 Å². The molecular formula is C10H15NO4S. The standard InChI is InChI=1S/C10H15NO4S/c1-15-7-2-8-16(13,14)11-9-3-5-10(12)6-4-9/h3-6,11-12H,2,7-8H2,1H3.